The molecule has 4 rings (SSSR count). The van der Waals surface area contributed by atoms with E-state index in [9.17, 15) is 0 Å². The molecular weight excluding hydrogens is 490 g/mol. The lowest BCUT2D eigenvalue weighted by molar-refractivity contribution is 0.255. The van der Waals surface area contributed by atoms with E-state index in [1.807, 2.05) is 19.2 Å². The number of likely N-dealkylation sites (N-methyl/N-ethyl adjacent to an activating group) is 1. The molecule has 0 radical (unpaired) electrons. The third kappa shape index (κ3) is 6.72. The molecule has 0 bridgehead atoms. The molecule has 1 aliphatic heterocycles. The number of nitrogen functional groups attached to an aromatic ring is 1. The number of benzene rings is 3. The van der Waals surface area contributed by atoms with E-state index in [2.05, 4.69) is 117 Å². The van der Waals surface area contributed by atoms with E-state index in [0.717, 1.165) is 59.0 Å². The molecule has 0 aliphatic carbocycles. The zero-order valence-corrected chi connectivity index (χ0v) is 24.7. The molecule has 0 aromatic heterocycles. The van der Waals surface area contributed by atoms with Crippen molar-refractivity contribution in [3.63, 3.8) is 0 Å². The quantitative estimate of drug-likeness (QED) is 0.236. The first-order valence-corrected chi connectivity index (χ1v) is 14.0. The van der Waals surface area contributed by atoms with Crippen molar-refractivity contribution in [3.05, 3.63) is 125 Å². The molecule has 1 heterocycles. The zero-order chi connectivity index (χ0) is 28.8. The lowest BCUT2D eigenvalue weighted by atomic mass is 9.97. The number of rotatable bonds is 12. The summed E-state index contributed by atoms with van der Waals surface area (Å²) in [5.74, 6) is 0. The van der Waals surface area contributed by atoms with Gasteiger partial charge in [0.1, 0.15) is 0 Å². The summed E-state index contributed by atoms with van der Waals surface area (Å²) in [6.07, 6.45) is 3.81. The second-order valence-corrected chi connectivity index (χ2v) is 10.9. The maximum atomic E-state index is 6.13. The first-order chi connectivity index (χ1) is 19.2. The van der Waals surface area contributed by atoms with E-state index in [1.54, 1.807) is 0 Å². The number of nitrogens with two attached hydrogens (primary N) is 1. The Morgan fingerprint density at radius 1 is 0.975 bits per heavy atom. The third-order valence-electron chi connectivity index (χ3n) is 7.48. The van der Waals surface area contributed by atoms with Gasteiger partial charge in [-0.3, -0.25) is 9.89 Å². The van der Waals surface area contributed by atoms with Crippen molar-refractivity contribution in [2.45, 2.75) is 39.7 Å². The predicted molar refractivity (Wildman–Crippen MR) is 173 cm³/mol. The lowest BCUT2D eigenvalue weighted by Gasteiger charge is -2.36. The van der Waals surface area contributed by atoms with Gasteiger partial charge >= 0.3 is 0 Å². The van der Waals surface area contributed by atoms with Crippen LogP contribution in [0.5, 0.6) is 0 Å². The summed E-state index contributed by atoms with van der Waals surface area (Å²) in [6.45, 7) is 16.9. The molecule has 0 amide bonds. The van der Waals surface area contributed by atoms with Crippen LogP contribution in [0.25, 0.3) is 5.57 Å². The van der Waals surface area contributed by atoms with Gasteiger partial charge < -0.3 is 16.0 Å². The van der Waals surface area contributed by atoms with Gasteiger partial charge in [0, 0.05) is 41.9 Å². The molecule has 3 aromatic rings. The van der Waals surface area contributed by atoms with Gasteiger partial charge in [-0.1, -0.05) is 68.6 Å². The van der Waals surface area contributed by atoms with Crippen LogP contribution in [0.1, 0.15) is 53.6 Å². The molecule has 40 heavy (non-hydrogen) atoms. The van der Waals surface area contributed by atoms with Crippen LogP contribution >= 0.6 is 0 Å². The normalized spacial score (nSPS) is 13.6. The van der Waals surface area contributed by atoms with Crippen LogP contribution in [-0.4, -0.2) is 42.7 Å². The van der Waals surface area contributed by atoms with Crippen LogP contribution in [0.15, 0.2) is 102 Å². The molecule has 1 unspecified atom stereocenters. The third-order valence-corrected chi connectivity index (χ3v) is 7.48. The fourth-order valence-corrected chi connectivity index (χ4v) is 5.26. The number of nitrogens with one attached hydrogen (secondary N) is 1. The van der Waals surface area contributed by atoms with Crippen LogP contribution in [0, 0.1) is 13.8 Å². The summed E-state index contributed by atoms with van der Waals surface area (Å²) in [5, 5.41) is 3.57. The smallest absolute Gasteiger partial charge is 0.0741 e. The maximum Gasteiger partial charge on any atom is 0.0741 e. The number of nitrogens with zero attached hydrogens (tertiary/aromatic N) is 3. The summed E-state index contributed by atoms with van der Waals surface area (Å²) in [6, 6.07) is 23.4. The van der Waals surface area contributed by atoms with E-state index in [4.69, 9.17) is 10.7 Å². The number of hydrogen-bond donors (Lipinski definition) is 2. The van der Waals surface area contributed by atoms with Crippen molar-refractivity contribution in [1.29, 1.82) is 0 Å². The van der Waals surface area contributed by atoms with Crippen LogP contribution in [-0.2, 0) is 0 Å². The van der Waals surface area contributed by atoms with E-state index in [-0.39, 0.29) is 6.04 Å². The van der Waals surface area contributed by atoms with Gasteiger partial charge in [-0.25, -0.2) is 0 Å². The standard InChI is InChI=1S/C35H43N5/c1-8-18-40(27(5)35(39(6)7)28-12-10-9-11-13-28)23-26(4)38-33-17-16-29(19-25(33)3)31-21-34(37-22-31)30-15-14-24(2)32(36)20-30/h9-17,19-20,22,35,38H,4-5,8,18,21,23,36H2,1-3,6-7H3. The molecule has 1 aliphatic rings. The monoisotopic (exact) mass is 533 g/mol. The highest BCUT2D eigenvalue weighted by Crippen LogP contribution is 2.31. The average molecular weight is 534 g/mol. The Hall–Kier alpha value is -4.09. The zero-order valence-electron chi connectivity index (χ0n) is 24.7. The minimum atomic E-state index is 0.102. The van der Waals surface area contributed by atoms with Crippen molar-refractivity contribution < 1.29 is 0 Å². The molecule has 0 spiro atoms. The molecule has 5 heteroatoms. The molecule has 3 aromatic carbocycles. The van der Waals surface area contributed by atoms with Gasteiger partial charge in [-0.2, -0.15) is 0 Å². The largest absolute Gasteiger partial charge is 0.398 e. The number of aryl methyl sites for hydroxylation is 2. The van der Waals surface area contributed by atoms with Crippen LogP contribution in [0.3, 0.4) is 0 Å². The van der Waals surface area contributed by atoms with Crippen molar-refractivity contribution in [2.75, 3.05) is 38.2 Å². The molecule has 0 saturated carbocycles. The number of aliphatic imine (C=N–C) groups is 1. The van der Waals surface area contributed by atoms with Crippen LogP contribution in [0.2, 0.25) is 0 Å². The van der Waals surface area contributed by atoms with Gasteiger partial charge in [0.25, 0.3) is 0 Å². The second kappa shape index (κ2) is 12.8. The Morgan fingerprint density at radius 2 is 1.70 bits per heavy atom. The summed E-state index contributed by atoms with van der Waals surface area (Å²) < 4.78 is 0. The second-order valence-electron chi connectivity index (χ2n) is 10.9. The van der Waals surface area contributed by atoms with E-state index < -0.39 is 0 Å². The topological polar surface area (TPSA) is 56.9 Å². The fourth-order valence-electron chi connectivity index (χ4n) is 5.26. The predicted octanol–water partition coefficient (Wildman–Crippen LogP) is 7.57. The summed E-state index contributed by atoms with van der Waals surface area (Å²) in [4.78, 5) is 9.27. The first kappa shape index (κ1) is 28.9. The summed E-state index contributed by atoms with van der Waals surface area (Å²) in [7, 11) is 4.21. The van der Waals surface area contributed by atoms with Gasteiger partial charge in [-0.15, -0.1) is 0 Å². The Morgan fingerprint density at radius 3 is 2.35 bits per heavy atom. The highest BCUT2D eigenvalue weighted by Gasteiger charge is 2.22. The first-order valence-electron chi connectivity index (χ1n) is 14.0. The number of hydrogen-bond acceptors (Lipinski definition) is 5. The average Bonchev–Trinajstić information content (AvgIpc) is 3.42. The van der Waals surface area contributed by atoms with Crippen LogP contribution < -0.4 is 11.1 Å². The molecule has 0 saturated heterocycles. The summed E-state index contributed by atoms with van der Waals surface area (Å²) in [5.41, 5.74) is 18.1. The maximum absolute atomic E-state index is 6.13. The van der Waals surface area contributed by atoms with E-state index >= 15 is 0 Å². The molecular formula is C35H43N5. The molecule has 208 valence electrons. The molecule has 0 fully saturated rings. The molecule has 5 nitrogen and oxygen atoms in total. The Balaban J connectivity index is 1.41. The highest BCUT2D eigenvalue weighted by molar-refractivity contribution is 6.09. The van der Waals surface area contributed by atoms with Gasteiger partial charge in [-0.05, 0) is 86.0 Å². The summed E-state index contributed by atoms with van der Waals surface area (Å²) >= 11 is 0. The van der Waals surface area contributed by atoms with Gasteiger partial charge in [0.05, 0.1) is 18.3 Å². The van der Waals surface area contributed by atoms with E-state index in [0.29, 0.717) is 6.54 Å². The van der Waals surface area contributed by atoms with Crippen molar-refractivity contribution in [1.82, 2.24) is 9.80 Å². The minimum Gasteiger partial charge on any atom is -0.398 e. The van der Waals surface area contributed by atoms with Gasteiger partial charge in [0.2, 0.25) is 0 Å². The van der Waals surface area contributed by atoms with Crippen molar-refractivity contribution in [3.8, 4) is 0 Å². The highest BCUT2D eigenvalue weighted by atomic mass is 15.2. The number of anilines is 2. The molecule has 3 N–H and O–H groups in total. The van der Waals surface area contributed by atoms with E-state index in [1.165, 1.54) is 22.3 Å². The minimum absolute atomic E-state index is 0.102. The van der Waals surface area contributed by atoms with Crippen molar-refractivity contribution >= 4 is 22.7 Å². The lowest BCUT2D eigenvalue weighted by Crippen LogP contribution is -2.34. The van der Waals surface area contributed by atoms with Gasteiger partial charge in [0.15, 0.2) is 0 Å². The molecule has 1 atom stereocenters. The van der Waals surface area contributed by atoms with Crippen molar-refractivity contribution in [2.24, 2.45) is 4.99 Å². The Kier molecular flexibility index (Phi) is 9.28. The van der Waals surface area contributed by atoms with Crippen LogP contribution in [0.4, 0.5) is 11.4 Å². The Bertz CT molecular complexity index is 1430. The Labute approximate surface area is 240 Å². The fraction of sp³-hybridized carbons (Fsp3) is 0.286. The SMILES string of the molecule is C=C(CN(CCC)C(=C)C(c1ccccc1)N(C)C)Nc1ccc(C2=CN=C(c3ccc(C)c(N)c3)C2)cc1C. The number of allylic oxidation sites excluding steroid dienone is 1.